The molecule has 90 heavy (non-hydrogen) atoms. The molecule has 0 radical (unpaired) electrons. The van der Waals surface area contributed by atoms with E-state index in [-0.39, 0.29) is 25.7 Å². The van der Waals surface area contributed by atoms with Gasteiger partial charge in [0.15, 0.2) is 12.2 Å². The molecule has 0 aromatic heterocycles. The van der Waals surface area contributed by atoms with Crippen LogP contribution in [0.4, 0.5) is 0 Å². The van der Waals surface area contributed by atoms with Crippen molar-refractivity contribution in [1.29, 1.82) is 0 Å². The van der Waals surface area contributed by atoms with Gasteiger partial charge in [0.2, 0.25) is 0 Å². The number of unbranched alkanes of at least 4 members (excludes halogenated alkanes) is 33. The Bertz CT molecular complexity index is 1780. The summed E-state index contributed by atoms with van der Waals surface area (Å²) in [5.41, 5.74) is 0. The lowest BCUT2D eigenvalue weighted by molar-refractivity contribution is -0.161. The zero-order valence-corrected chi connectivity index (χ0v) is 60.6. The number of phosphoric ester groups is 2. The van der Waals surface area contributed by atoms with Gasteiger partial charge in [0, 0.05) is 25.7 Å². The van der Waals surface area contributed by atoms with Gasteiger partial charge in [-0.15, -0.1) is 0 Å². The highest BCUT2D eigenvalue weighted by Crippen LogP contribution is 2.45. The number of esters is 4. The van der Waals surface area contributed by atoms with E-state index in [9.17, 15) is 43.2 Å². The van der Waals surface area contributed by atoms with Crippen molar-refractivity contribution in [2.45, 2.75) is 369 Å². The molecule has 3 unspecified atom stereocenters. The maximum Gasteiger partial charge on any atom is 0.472 e. The zero-order valence-electron chi connectivity index (χ0n) is 58.8. The van der Waals surface area contributed by atoms with Crippen LogP contribution in [0.1, 0.15) is 351 Å². The fourth-order valence-corrected chi connectivity index (χ4v) is 12.2. The Kier molecular flexibility index (Phi) is 59.4. The number of rotatable bonds is 68. The summed E-state index contributed by atoms with van der Waals surface area (Å²) in [6, 6.07) is 0. The van der Waals surface area contributed by atoms with Crippen molar-refractivity contribution in [2.24, 2.45) is 23.7 Å². The molecular weight excluding hydrogens is 1190 g/mol. The number of hydrogen-bond acceptors (Lipinski definition) is 15. The summed E-state index contributed by atoms with van der Waals surface area (Å²) in [6.07, 6.45) is 43.4. The van der Waals surface area contributed by atoms with Crippen LogP contribution in [0.15, 0.2) is 0 Å². The molecule has 0 aliphatic carbocycles. The Hall–Kier alpha value is -1.94. The second-order valence-electron chi connectivity index (χ2n) is 27.3. The van der Waals surface area contributed by atoms with Gasteiger partial charge < -0.3 is 33.8 Å². The molecule has 0 aliphatic rings. The lowest BCUT2D eigenvalue weighted by Gasteiger charge is -2.21. The minimum Gasteiger partial charge on any atom is -0.462 e. The van der Waals surface area contributed by atoms with E-state index in [0.717, 1.165) is 114 Å². The van der Waals surface area contributed by atoms with Crippen LogP contribution >= 0.6 is 15.6 Å². The normalized spacial score (nSPS) is 14.6. The van der Waals surface area contributed by atoms with E-state index in [1.54, 1.807) is 0 Å². The largest absolute Gasteiger partial charge is 0.472 e. The molecule has 0 aromatic carbocycles. The first-order valence-corrected chi connectivity index (χ1v) is 39.7. The smallest absolute Gasteiger partial charge is 0.462 e. The lowest BCUT2D eigenvalue weighted by atomic mass is 10.00. The molecule has 0 rings (SSSR count). The highest BCUT2D eigenvalue weighted by Gasteiger charge is 2.30. The molecule has 534 valence electrons. The highest BCUT2D eigenvalue weighted by molar-refractivity contribution is 7.47. The molecule has 6 atom stereocenters. The summed E-state index contributed by atoms with van der Waals surface area (Å²) < 4.78 is 68.2. The maximum atomic E-state index is 13.0. The Labute approximate surface area is 549 Å². The van der Waals surface area contributed by atoms with Crippen molar-refractivity contribution >= 4 is 39.5 Å². The zero-order chi connectivity index (χ0) is 66.8. The van der Waals surface area contributed by atoms with Gasteiger partial charge in [-0.1, -0.05) is 299 Å². The number of phosphoric acid groups is 2. The van der Waals surface area contributed by atoms with Crippen molar-refractivity contribution in [1.82, 2.24) is 0 Å². The van der Waals surface area contributed by atoms with E-state index in [1.165, 1.54) is 148 Å². The first-order chi connectivity index (χ1) is 43.1. The van der Waals surface area contributed by atoms with Crippen molar-refractivity contribution in [3.05, 3.63) is 0 Å². The first kappa shape index (κ1) is 88.1. The molecule has 0 amide bonds. The van der Waals surface area contributed by atoms with Gasteiger partial charge in [-0.25, -0.2) is 9.13 Å². The number of aliphatic hydroxyl groups is 1. The van der Waals surface area contributed by atoms with Crippen LogP contribution < -0.4 is 0 Å². The third kappa shape index (κ3) is 63.5. The summed E-state index contributed by atoms with van der Waals surface area (Å²) in [5, 5.41) is 10.6. The minimum absolute atomic E-state index is 0.103. The van der Waals surface area contributed by atoms with Gasteiger partial charge in [-0.2, -0.15) is 0 Å². The second kappa shape index (κ2) is 60.7. The minimum atomic E-state index is -4.95. The summed E-state index contributed by atoms with van der Waals surface area (Å²) in [5.74, 6) is 0.815. The first-order valence-electron chi connectivity index (χ1n) is 36.7. The summed E-state index contributed by atoms with van der Waals surface area (Å²) >= 11 is 0. The SMILES string of the molecule is CCC(C)CCCCCCCCC(=O)O[C@H](COC(=O)CCCCCCCCCCCCCCCCCCC(C)C)COP(=O)(O)OC[C@@H](O)COP(=O)(O)OC[C@@H](COC(=O)CCCCCCCCC(C)C)OC(=O)CCCCCCCCCCCC(C)C. The van der Waals surface area contributed by atoms with Crippen LogP contribution in [0.2, 0.25) is 0 Å². The van der Waals surface area contributed by atoms with E-state index in [0.29, 0.717) is 31.6 Å². The topological polar surface area (TPSA) is 237 Å². The highest BCUT2D eigenvalue weighted by atomic mass is 31.2. The van der Waals surface area contributed by atoms with E-state index in [2.05, 4.69) is 55.4 Å². The van der Waals surface area contributed by atoms with Gasteiger partial charge in [-0.3, -0.25) is 37.3 Å². The molecule has 0 bridgehead atoms. The number of carbonyl (C=O) groups is 4. The maximum absolute atomic E-state index is 13.0. The Morgan fingerprint density at radius 1 is 0.311 bits per heavy atom. The van der Waals surface area contributed by atoms with E-state index >= 15 is 0 Å². The van der Waals surface area contributed by atoms with Crippen molar-refractivity contribution < 1.29 is 80.2 Å². The molecule has 17 nitrogen and oxygen atoms in total. The quantitative estimate of drug-likeness (QED) is 0.0222. The summed E-state index contributed by atoms with van der Waals surface area (Å²) in [4.78, 5) is 72.5. The second-order valence-corrected chi connectivity index (χ2v) is 30.2. The Morgan fingerprint density at radius 3 is 0.789 bits per heavy atom. The van der Waals surface area contributed by atoms with Crippen LogP contribution in [0, 0.1) is 23.7 Å². The molecule has 0 saturated heterocycles. The summed E-state index contributed by atoms with van der Waals surface area (Å²) in [6.45, 7) is 14.0. The standard InChI is InChI=1S/C71H138O17P2/c1-9-64(8)50-42-34-28-30-38-46-54-71(76)88-67(57-81-68(73)51-43-35-25-21-17-15-13-11-10-12-14-16-19-23-31-39-47-61(2)3)60-86-90(79,80)84-56-65(72)55-83-89(77,78)85-59-66(58-82-69(74)52-44-36-29-27-33-41-49-63(6)7)87-70(75)53-45-37-26-22-18-20-24-32-40-48-62(4)5/h61-67,72H,9-60H2,1-8H3,(H,77,78)(H,79,80)/t64?,65-,66+,67+/m0/s1. The average Bonchev–Trinajstić information content (AvgIpc) is 2.75. The number of carbonyl (C=O) groups excluding carboxylic acids is 4. The van der Waals surface area contributed by atoms with Crippen LogP contribution in [0.3, 0.4) is 0 Å². The molecule has 19 heteroatoms. The van der Waals surface area contributed by atoms with Crippen molar-refractivity contribution in [3.63, 3.8) is 0 Å². The van der Waals surface area contributed by atoms with E-state index < -0.39 is 97.5 Å². The van der Waals surface area contributed by atoms with Gasteiger partial charge in [0.25, 0.3) is 0 Å². The third-order valence-electron chi connectivity index (χ3n) is 16.7. The predicted molar refractivity (Wildman–Crippen MR) is 363 cm³/mol. The molecule has 3 N–H and O–H groups in total. The average molecular weight is 1330 g/mol. The predicted octanol–water partition coefficient (Wildman–Crippen LogP) is 20.1. The van der Waals surface area contributed by atoms with Crippen LogP contribution in [-0.2, 0) is 65.4 Å². The van der Waals surface area contributed by atoms with Gasteiger partial charge in [-0.05, 0) is 49.4 Å². The molecule has 0 heterocycles. The molecule has 0 aromatic rings. The Balaban J connectivity index is 5.17. The number of aliphatic hydroxyl groups excluding tert-OH is 1. The van der Waals surface area contributed by atoms with E-state index in [4.69, 9.17) is 37.0 Å². The van der Waals surface area contributed by atoms with Gasteiger partial charge in [0.05, 0.1) is 26.4 Å². The molecule has 0 aliphatic heterocycles. The molecule has 0 saturated carbocycles. The number of hydrogen-bond donors (Lipinski definition) is 3. The van der Waals surface area contributed by atoms with Crippen LogP contribution in [-0.4, -0.2) is 96.7 Å². The van der Waals surface area contributed by atoms with E-state index in [1.807, 2.05) is 0 Å². The van der Waals surface area contributed by atoms with Crippen LogP contribution in [0.5, 0.6) is 0 Å². The van der Waals surface area contributed by atoms with Gasteiger partial charge >= 0.3 is 39.5 Å². The fraction of sp³-hybridized carbons (Fsp3) is 0.944. The van der Waals surface area contributed by atoms with Crippen molar-refractivity contribution in [2.75, 3.05) is 39.6 Å². The molecule has 0 spiro atoms. The fourth-order valence-electron chi connectivity index (χ4n) is 10.6. The Morgan fingerprint density at radius 2 is 0.533 bits per heavy atom. The molecule has 0 fully saturated rings. The van der Waals surface area contributed by atoms with Crippen molar-refractivity contribution in [3.8, 4) is 0 Å². The summed E-state index contributed by atoms with van der Waals surface area (Å²) in [7, 11) is -9.90. The third-order valence-corrected chi connectivity index (χ3v) is 18.6. The van der Waals surface area contributed by atoms with Crippen LogP contribution in [0.25, 0.3) is 0 Å². The van der Waals surface area contributed by atoms with Gasteiger partial charge in [0.1, 0.15) is 19.3 Å². The monoisotopic (exact) mass is 1320 g/mol. The molecular formula is C71H138O17P2. The number of ether oxygens (including phenoxy) is 4. The lowest BCUT2D eigenvalue weighted by Crippen LogP contribution is -2.30.